The Labute approximate surface area is 134 Å². The molecule has 1 saturated carbocycles. The summed E-state index contributed by atoms with van der Waals surface area (Å²) < 4.78 is 2.42. The molecule has 0 amide bonds. The highest BCUT2D eigenvalue weighted by Gasteiger charge is 2.25. The molecule has 22 heavy (non-hydrogen) atoms. The van der Waals surface area contributed by atoms with E-state index in [4.69, 9.17) is 0 Å². The Kier molecular flexibility index (Phi) is 4.69. The average molecular weight is 303 g/mol. The third-order valence-electron chi connectivity index (χ3n) is 5.44. The monoisotopic (exact) mass is 303 g/mol. The summed E-state index contributed by atoms with van der Waals surface area (Å²) in [5, 5.41) is 0. The zero-order valence-electron chi connectivity index (χ0n) is 14.3. The number of carbonyl (C=O) groups is 1. The minimum absolute atomic E-state index is 0.293. The number of piperazine rings is 1. The van der Waals surface area contributed by atoms with Gasteiger partial charge < -0.3 is 9.47 Å². The van der Waals surface area contributed by atoms with E-state index in [9.17, 15) is 4.79 Å². The first-order valence-corrected chi connectivity index (χ1v) is 8.69. The van der Waals surface area contributed by atoms with Crippen molar-refractivity contribution >= 4 is 5.78 Å². The first kappa shape index (κ1) is 15.8. The second kappa shape index (κ2) is 6.55. The topological polar surface area (TPSA) is 28.5 Å². The van der Waals surface area contributed by atoms with Crippen LogP contribution in [0.2, 0.25) is 0 Å². The molecule has 2 aliphatic rings. The van der Waals surface area contributed by atoms with Gasteiger partial charge >= 0.3 is 0 Å². The molecule has 0 spiro atoms. The molecule has 1 aliphatic carbocycles. The number of carbonyl (C=O) groups excluding carboxylic acids is 1. The van der Waals surface area contributed by atoms with E-state index in [2.05, 4.69) is 41.3 Å². The van der Waals surface area contributed by atoms with Crippen LogP contribution in [0.5, 0.6) is 0 Å². The molecule has 1 saturated heterocycles. The molecule has 0 bridgehead atoms. The van der Waals surface area contributed by atoms with Crippen LogP contribution in [-0.2, 0) is 0 Å². The van der Waals surface area contributed by atoms with E-state index in [1.165, 1.54) is 37.1 Å². The predicted octanol–water partition coefficient (Wildman–Crippen LogP) is 2.65. The lowest BCUT2D eigenvalue weighted by atomic mass is 10.1. The lowest BCUT2D eigenvalue weighted by molar-refractivity contribution is 0.0875. The van der Waals surface area contributed by atoms with Crippen molar-refractivity contribution in [1.29, 1.82) is 0 Å². The zero-order valence-corrected chi connectivity index (χ0v) is 14.3. The summed E-state index contributed by atoms with van der Waals surface area (Å²) in [6, 6.07) is 2.73. The molecule has 1 aliphatic heterocycles. The van der Waals surface area contributed by atoms with E-state index >= 15 is 0 Å². The number of hydrogen-bond donors (Lipinski definition) is 0. The first-order chi connectivity index (χ1) is 10.6. The molecular weight excluding hydrogens is 274 g/mol. The minimum atomic E-state index is 0.293. The van der Waals surface area contributed by atoms with E-state index in [0.29, 0.717) is 18.4 Å². The Hall–Kier alpha value is -1.13. The van der Waals surface area contributed by atoms with Gasteiger partial charge in [-0.25, -0.2) is 0 Å². The number of aromatic nitrogens is 1. The summed E-state index contributed by atoms with van der Waals surface area (Å²) >= 11 is 0. The minimum Gasteiger partial charge on any atom is -0.345 e. The van der Waals surface area contributed by atoms with Gasteiger partial charge in [-0.15, -0.1) is 0 Å². The summed E-state index contributed by atoms with van der Waals surface area (Å²) in [7, 11) is 2.15. The predicted molar refractivity (Wildman–Crippen MR) is 89.7 cm³/mol. The molecule has 1 aromatic rings. The van der Waals surface area contributed by atoms with Gasteiger partial charge in [-0.1, -0.05) is 12.8 Å². The van der Waals surface area contributed by atoms with E-state index in [0.717, 1.165) is 31.7 Å². The van der Waals surface area contributed by atoms with Crippen LogP contribution in [0.3, 0.4) is 0 Å². The fourth-order valence-electron chi connectivity index (χ4n) is 4.08. The molecule has 0 N–H and O–H groups in total. The number of likely N-dealkylation sites (N-methyl/N-ethyl adjacent to an activating group) is 1. The third-order valence-corrected chi connectivity index (χ3v) is 5.44. The Bertz CT molecular complexity index is 535. The van der Waals surface area contributed by atoms with Gasteiger partial charge in [0, 0.05) is 49.2 Å². The van der Waals surface area contributed by atoms with Gasteiger partial charge in [-0.3, -0.25) is 9.69 Å². The van der Waals surface area contributed by atoms with Crippen LogP contribution in [0.4, 0.5) is 0 Å². The molecule has 2 fully saturated rings. The fourth-order valence-corrected chi connectivity index (χ4v) is 4.08. The van der Waals surface area contributed by atoms with Crippen LogP contribution < -0.4 is 0 Å². The molecule has 1 aromatic heterocycles. The summed E-state index contributed by atoms with van der Waals surface area (Å²) in [4.78, 5) is 17.3. The number of rotatable bonds is 4. The van der Waals surface area contributed by atoms with Crippen LogP contribution in [-0.4, -0.2) is 59.9 Å². The van der Waals surface area contributed by atoms with Gasteiger partial charge in [0.05, 0.1) is 6.54 Å². The second-order valence-electron chi connectivity index (χ2n) is 7.10. The van der Waals surface area contributed by atoms with Crippen molar-refractivity contribution in [2.24, 2.45) is 0 Å². The average Bonchev–Trinajstić information content (AvgIpc) is 3.09. The maximum Gasteiger partial charge on any atom is 0.178 e. The lowest BCUT2D eigenvalue weighted by Gasteiger charge is -2.31. The van der Waals surface area contributed by atoms with Gasteiger partial charge in [0.15, 0.2) is 5.78 Å². The van der Waals surface area contributed by atoms with Gasteiger partial charge in [0.1, 0.15) is 0 Å². The molecule has 0 atom stereocenters. The number of nitrogens with zero attached hydrogens (tertiary/aromatic N) is 3. The van der Waals surface area contributed by atoms with Crippen LogP contribution in [0.1, 0.15) is 53.5 Å². The van der Waals surface area contributed by atoms with Crippen molar-refractivity contribution in [1.82, 2.24) is 14.4 Å². The summed E-state index contributed by atoms with van der Waals surface area (Å²) in [6.45, 7) is 8.99. The molecule has 0 unspecified atom stereocenters. The molecule has 3 rings (SSSR count). The van der Waals surface area contributed by atoms with Gasteiger partial charge in [-0.2, -0.15) is 0 Å². The Morgan fingerprint density at radius 2 is 1.77 bits per heavy atom. The van der Waals surface area contributed by atoms with E-state index in [1.807, 2.05) is 0 Å². The number of ketones is 1. The molecule has 122 valence electrons. The molecule has 0 aromatic carbocycles. The molecule has 4 heteroatoms. The van der Waals surface area contributed by atoms with Crippen molar-refractivity contribution in [3.8, 4) is 0 Å². The van der Waals surface area contributed by atoms with Crippen LogP contribution in [0.25, 0.3) is 0 Å². The van der Waals surface area contributed by atoms with Crippen molar-refractivity contribution in [2.75, 3.05) is 39.8 Å². The molecular formula is C18H29N3O. The van der Waals surface area contributed by atoms with Crippen molar-refractivity contribution in [3.63, 3.8) is 0 Å². The van der Waals surface area contributed by atoms with Crippen molar-refractivity contribution < 1.29 is 4.79 Å². The van der Waals surface area contributed by atoms with Crippen molar-refractivity contribution in [2.45, 2.75) is 45.6 Å². The SMILES string of the molecule is Cc1cc(C(=O)CN2CCN(C)CC2)c(C)n1C1CCCC1. The van der Waals surface area contributed by atoms with Crippen LogP contribution in [0.15, 0.2) is 6.07 Å². The fraction of sp³-hybridized carbons (Fsp3) is 0.722. The summed E-state index contributed by atoms with van der Waals surface area (Å²) in [5.41, 5.74) is 3.39. The molecule has 0 radical (unpaired) electrons. The normalized spacial score (nSPS) is 21.6. The summed E-state index contributed by atoms with van der Waals surface area (Å²) in [6.07, 6.45) is 5.18. The summed E-state index contributed by atoms with van der Waals surface area (Å²) in [5.74, 6) is 0.293. The highest BCUT2D eigenvalue weighted by molar-refractivity contribution is 5.99. The maximum atomic E-state index is 12.7. The Balaban J connectivity index is 1.71. The first-order valence-electron chi connectivity index (χ1n) is 8.69. The third kappa shape index (κ3) is 3.13. The van der Waals surface area contributed by atoms with Crippen molar-refractivity contribution in [3.05, 3.63) is 23.0 Å². The van der Waals surface area contributed by atoms with E-state index < -0.39 is 0 Å². The number of Topliss-reactive ketones (excluding diaryl/α,β-unsaturated/α-hetero) is 1. The maximum absolute atomic E-state index is 12.7. The number of aryl methyl sites for hydroxylation is 1. The van der Waals surface area contributed by atoms with Crippen LogP contribution >= 0.6 is 0 Å². The van der Waals surface area contributed by atoms with Crippen LogP contribution in [0, 0.1) is 13.8 Å². The lowest BCUT2D eigenvalue weighted by Crippen LogP contribution is -2.46. The highest BCUT2D eigenvalue weighted by Crippen LogP contribution is 2.33. The van der Waals surface area contributed by atoms with E-state index in [1.54, 1.807) is 0 Å². The second-order valence-corrected chi connectivity index (χ2v) is 7.10. The Morgan fingerprint density at radius 1 is 1.14 bits per heavy atom. The van der Waals surface area contributed by atoms with Gasteiger partial charge in [0.2, 0.25) is 0 Å². The molecule has 2 heterocycles. The van der Waals surface area contributed by atoms with E-state index in [-0.39, 0.29) is 0 Å². The smallest absolute Gasteiger partial charge is 0.178 e. The standard InChI is InChI=1S/C18H29N3O/c1-14-12-17(15(2)21(14)16-6-4-5-7-16)18(22)13-20-10-8-19(3)9-11-20/h12,16H,4-11,13H2,1-3H3. The largest absolute Gasteiger partial charge is 0.345 e. The van der Waals surface area contributed by atoms with Gasteiger partial charge in [0.25, 0.3) is 0 Å². The van der Waals surface area contributed by atoms with Gasteiger partial charge in [-0.05, 0) is 39.8 Å². The zero-order chi connectivity index (χ0) is 15.7. The quantitative estimate of drug-likeness (QED) is 0.801. The highest BCUT2D eigenvalue weighted by atomic mass is 16.1. The number of hydrogen-bond acceptors (Lipinski definition) is 3. The molecule has 4 nitrogen and oxygen atoms in total. The Morgan fingerprint density at radius 3 is 2.41 bits per heavy atom.